The molecule has 5 N–H and O–H groups in total. The molecule has 4 aromatic heterocycles. The van der Waals surface area contributed by atoms with Gasteiger partial charge in [-0.25, -0.2) is 24.9 Å². The molecule has 4 atom stereocenters. The summed E-state index contributed by atoms with van der Waals surface area (Å²) >= 11 is 0. The van der Waals surface area contributed by atoms with Crippen LogP contribution in [0.4, 0.5) is 11.6 Å². The van der Waals surface area contributed by atoms with Crippen molar-refractivity contribution >= 4 is 53.4 Å². The number of imidazole rings is 1. The molecule has 236 valence electrons. The first-order valence-corrected chi connectivity index (χ1v) is 15.9. The summed E-state index contributed by atoms with van der Waals surface area (Å²) in [5, 5.41) is 6.52. The Kier molecular flexibility index (Phi) is 9.56. The highest BCUT2D eigenvalue weighted by Crippen LogP contribution is 2.44. The third kappa shape index (κ3) is 7.05. The fraction of sp³-hybridized carbons (Fsp3) is 0.481. The van der Waals surface area contributed by atoms with Crippen LogP contribution in [0.3, 0.4) is 0 Å². The zero-order valence-corrected chi connectivity index (χ0v) is 25.7. The van der Waals surface area contributed by atoms with Crippen LogP contribution in [-0.4, -0.2) is 84.0 Å². The number of rotatable bonds is 13. The Morgan fingerprint density at radius 3 is 2.80 bits per heavy atom. The molecule has 1 saturated heterocycles. The molecule has 0 aromatic carbocycles. The SMILES string of the molecule is CC(C)O[C@@H]1C[C@H](n2cc(/C=C/C(=O)NCCNc3ncnc4nc[nH]c34)c3c(N)ncnc32)O[C@@H]1COP(=O)([O-])C(C)C. The van der Waals surface area contributed by atoms with E-state index in [1.165, 1.54) is 25.1 Å². The highest BCUT2D eigenvalue weighted by atomic mass is 31.2. The molecule has 17 heteroatoms. The molecule has 44 heavy (non-hydrogen) atoms. The van der Waals surface area contributed by atoms with Crippen LogP contribution in [0.25, 0.3) is 28.3 Å². The van der Waals surface area contributed by atoms with Crippen LogP contribution < -0.4 is 21.3 Å². The summed E-state index contributed by atoms with van der Waals surface area (Å²) in [6.07, 6.45) is 7.80. The third-order valence-electron chi connectivity index (χ3n) is 7.01. The number of aromatic amines is 1. The van der Waals surface area contributed by atoms with E-state index in [1.54, 1.807) is 30.7 Å². The first-order valence-electron chi connectivity index (χ1n) is 14.2. The molecule has 0 bridgehead atoms. The van der Waals surface area contributed by atoms with Gasteiger partial charge in [0.15, 0.2) is 11.5 Å². The lowest BCUT2D eigenvalue weighted by Crippen LogP contribution is -2.32. The normalized spacial score (nSPS) is 20.3. The van der Waals surface area contributed by atoms with E-state index in [9.17, 15) is 14.3 Å². The monoisotopic (exact) mass is 627 g/mol. The molecule has 0 saturated carbocycles. The van der Waals surface area contributed by atoms with Gasteiger partial charge >= 0.3 is 0 Å². The van der Waals surface area contributed by atoms with E-state index in [1.807, 2.05) is 13.8 Å². The number of hydrogen-bond donors (Lipinski definition) is 4. The zero-order valence-electron chi connectivity index (χ0n) is 24.8. The predicted octanol–water partition coefficient (Wildman–Crippen LogP) is 1.98. The predicted molar refractivity (Wildman–Crippen MR) is 161 cm³/mol. The van der Waals surface area contributed by atoms with Crippen LogP contribution >= 0.6 is 7.60 Å². The number of nitrogens with zero attached hydrogens (tertiary/aromatic N) is 6. The second kappa shape index (κ2) is 13.4. The summed E-state index contributed by atoms with van der Waals surface area (Å²) in [5.74, 6) is 0.515. The van der Waals surface area contributed by atoms with Crippen LogP contribution in [0.15, 0.2) is 31.3 Å². The van der Waals surface area contributed by atoms with Crippen molar-refractivity contribution in [2.45, 2.75) is 64.3 Å². The van der Waals surface area contributed by atoms with Gasteiger partial charge in [0.25, 0.3) is 0 Å². The fourth-order valence-corrected chi connectivity index (χ4v) is 5.47. The van der Waals surface area contributed by atoms with Crippen molar-refractivity contribution in [3.05, 3.63) is 36.8 Å². The van der Waals surface area contributed by atoms with Crippen molar-refractivity contribution in [1.82, 2.24) is 39.8 Å². The molecule has 0 aliphatic carbocycles. The van der Waals surface area contributed by atoms with E-state index in [-0.39, 0.29) is 24.4 Å². The number of amides is 1. The highest BCUT2D eigenvalue weighted by Gasteiger charge is 2.39. The number of anilines is 2. The van der Waals surface area contributed by atoms with Crippen molar-refractivity contribution in [3.63, 3.8) is 0 Å². The molecule has 1 fully saturated rings. The quantitative estimate of drug-likeness (QED) is 0.0947. The summed E-state index contributed by atoms with van der Waals surface area (Å²) in [6, 6.07) is 0. The summed E-state index contributed by atoms with van der Waals surface area (Å²) in [5.41, 5.74) is 7.92. The smallest absolute Gasteiger partial charge is 0.244 e. The van der Waals surface area contributed by atoms with E-state index in [2.05, 4.69) is 40.5 Å². The van der Waals surface area contributed by atoms with Gasteiger partial charge in [0.1, 0.15) is 49.6 Å². The van der Waals surface area contributed by atoms with Crippen molar-refractivity contribution in [1.29, 1.82) is 0 Å². The minimum absolute atomic E-state index is 0.118. The van der Waals surface area contributed by atoms with Crippen LogP contribution in [0, 0.1) is 0 Å². The van der Waals surface area contributed by atoms with Gasteiger partial charge in [-0.2, -0.15) is 0 Å². The number of nitrogens with two attached hydrogens (primary N) is 1. The largest absolute Gasteiger partial charge is 0.778 e. The molecule has 1 amide bonds. The maximum Gasteiger partial charge on any atom is 0.244 e. The molecule has 0 radical (unpaired) electrons. The Balaban J connectivity index is 1.27. The molecule has 4 aromatic rings. The number of hydrogen-bond acceptors (Lipinski definition) is 13. The lowest BCUT2D eigenvalue weighted by atomic mass is 10.2. The number of carbonyl (C=O) groups excluding carboxylic acids is 1. The molecule has 5 rings (SSSR count). The Bertz CT molecular complexity index is 1690. The Morgan fingerprint density at radius 1 is 1.23 bits per heavy atom. The second-order valence-electron chi connectivity index (χ2n) is 10.8. The third-order valence-corrected chi connectivity index (χ3v) is 8.78. The lowest BCUT2D eigenvalue weighted by Gasteiger charge is -2.29. The fourth-order valence-electron chi connectivity index (χ4n) is 4.81. The number of H-pyrrole nitrogens is 1. The molecule has 5 heterocycles. The second-order valence-corrected chi connectivity index (χ2v) is 13.2. The first kappa shape index (κ1) is 31.5. The van der Waals surface area contributed by atoms with E-state index >= 15 is 0 Å². The van der Waals surface area contributed by atoms with Gasteiger partial charge in [-0.15, -0.1) is 0 Å². The highest BCUT2D eigenvalue weighted by molar-refractivity contribution is 7.52. The maximum atomic E-state index is 12.6. The summed E-state index contributed by atoms with van der Waals surface area (Å²) in [6.45, 7) is 7.51. The lowest BCUT2D eigenvalue weighted by molar-refractivity contribution is -0.204. The number of aromatic nitrogens is 7. The van der Waals surface area contributed by atoms with E-state index in [4.69, 9.17) is 19.7 Å². The topological polar surface area (TPSA) is 220 Å². The summed E-state index contributed by atoms with van der Waals surface area (Å²) in [7, 11) is -4.05. The van der Waals surface area contributed by atoms with Crippen LogP contribution in [0.1, 0.15) is 45.9 Å². The number of nitrogens with one attached hydrogen (secondary N) is 3. The van der Waals surface area contributed by atoms with Gasteiger partial charge in [0.05, 0.1) is 30.5 Å². The van der Waals surface area contributed by atoms with Gasteiger partial charge in [-0.05, 0) is 19.9 Å². The van der Waals surface area contributed by atoms with Gasteiger partial charge in [-0.1, -0.05) is 13.8 Å². The van der Waals surface area contributed by atoms with Crippen LogP contribution in [-0.2, 0) is 23.4 Å². The molecular weight excluding hydrogens is 591 g/mol. The van der Waals surface area contributed by atoms with Crippen molar-refractivity contribution in [2.75, 3.05) is 30.7 Å². The maximum absolute atomic E-state index is 12.6. The summed E-state index contributed by atoms with van der Waals surface area (Å²) < 4.78 is 31.7. The first-order chi connectivity index (χ1) is 21.0. The molecule has 1 aliphatic heterocycles. The van der Waals surface area contributed by atoms with E-state index in [0.717, 1.165) is 0 Å². The van der Waals surface area contributed by atoms with E-state index < -0.39 is 31.7 Å². The van der Waals surface area contributed by atoms with Gasteiger partial charge < -0.3 is 49.4 Å². The van der Waals surface area contributed by atoms with E-state index in [0.29, 0.717) is 53.1 Å². The molecule has 1 aliphatic rings. The van der Waals surface area contributed by atoms with Gasteiger partial charge in [-0.3, -0.25) is 4.79 Å². The Hall–Kier alpha value is -3.95. The van der Waals surface area contributed by atoms with Crippen LogP contribution in [0.2, 0.25) is 0 Å². The number of nitrogen functional groups attached to an aromatic ring is 1. The molecule has 0 spiro atoms. The Morgan fingerprint density at radius 2 is 2.02 bits per heavy atom. The van der Waals surface area contributed by atoms with Crippen molar-refractivity contribution in [3.8, 4) is 0 Å². The Labute approximate surface area is 253 Å². The minimum atomic E-state index is -4.05. The average molecular weight is 628 g/mol. The van der Waals surface area contributed by atoms with Gasteiger partial charge in [0.2, 0.25) is 5.91 Å². The molecule has 1 unspecified atom stereocenters. The van der Waals surface area contributed by atoms with Crippen molar-refractivity contribution < 1.29 is 28.3 Å². The number of ether oxygens (including phenoxy) is 2. The number of fused-ring (bicyclic) bond motifs is 2. The standard InChI is InChI=1S/C27H37N10O6P/c1-15(2)42-18-9-21(43-19(18)11-41-44(39,40)16(3)4)37-10-17(22-24(28)32-13-36-27(22)37)5-6-20(38)29-7-8-30-25-23-26(33-12-31-23)35-14-34-25/h5-6,10,12-16,18-19,21H,7-9,11H2,1-4H3,(H,29,38)(H,39,40)(H2,28,32,36)(H2,30,31,33,34,35)/p-1/b6-5+/t18-,19-,21-/m1/s1. The summed E-state index contributed by atoms with van der Waals surface area (Å²) in [4.78, 5) is 48.9. The number of carbonyl (C=O) groups is 1. The minimum Gasteiger partial charge on any atom is -0.778 e. The zero-order chi connectivity index (χ0) is 31.4. The molecule has 16 nitrogen and oxygen atoms in total. The van der Waals surface area contributed by atoms with Gasteiger partial charge in [0, 0.05) is 43.0 Å². The van der Waals surface area contributed by atoms with Crippen molar-refractivity contribution in [2.24, 2.45) is 0 Å². The molecular formula is C27H36N10O6P-. The van der Waals surface area contributed by atoms with Crippen LogP contribution in [0.5, 0.6) is 0 Å². The average Bonchev–Trinajstić information content (AvgIpc) is 3.70.